The lowest BCUT2D eigenvalue weighted by atomic mass is 10.0. The van der Waals surface area contributed by atoms with Crippen molar-refractivity contribution >= 4 is 38.8 Å². The van der Waals surface area contributed by atoms with E-state index in [1.54, 1.807) is 11.8 Å². The molecule has 0 bridgehead atoms. The molecule has 2 fully saturated rings. The molecule has 2 aromatic carbocycles. The average molecular weight is 547 g/mol. The summed E-state index contributed by atoms with van der Waals surface area (Å²) in [6.45, 7) is 3.65. The third-order valence-corrected chi connectivity index (χ3v) is 10.3. The summed E-state index contributed by atoms with van der Waals surface area (Å²) in [5.41, 5.74) is -1.28. The molecule has 0 aliphatic carbocycles. The van der Waals surface area contributed by atoms with Gasteiger partial charge in [-0.05, 0) is 56.8 Å². The summed E-state index contributed by atoms with van der Waals surface area (Å²) < 4.78 is 33.6. The van der Waals surface area contributed by atoms with Crippen molar-refractivity contribution in [2.45, 2.75) is 36.0 Å². The molecule has 3 heterocycles. The topological polar surface area (TPSA) is 132 Å². The van der Waals surface area contributed by atoms with Crippen LogP contribution in [0.15, 0.2) is 49.2 Å². The monoisotopic (exact) mass is 546 g/mol. The van der Waals surface area contributed by atoms with Crippen LogP contribution in [0.4, 0.5) is 17.1 Å². The molecule has 37 heavy (non-hydrogen) atoms. The normalized spacial score (nSPS) is 20.3. The molecule has 198 valence electrons. The van der Waals surface area contributed by atoms with Gasteiger partial charge in [-0.15, -0.1) is 0 Å². The summed E-state index contributed by atoms with van der Waals surface area (Å²) in [7, 11) is -2.02. The van der Waals surface area contributed by atoms with Crippen molar-refractivity contribution in [2.75, 3.05) is 49.6 Å². The second-order valence-electron chi connectivity index (χ2n) is 9.51. The van der Waals surface area contributed by atoms with Gasteiger partial charge in [0.1, 0.15) is 27.8 Å². The Hall–Kier alpha value is -2.80. The van der Waals surface area contributed by atoms with E-state index in [4.69, 9.17) is 4.42 Å². The smallest absolute Gasteiger partial charge is 0.253 e. The predicted octanol–water partition coefficient (Wildman–Crippen LogP) is 2.62. The number of phenols is 1. The summed E-state index contributed by atoms with van der Waals surface area (Å²) in [4.78, 5) is 26.9. The number of hydrogen-bond acceptors (Lipinski definition) is 10. The molecule has 2 aliphatic heterocycles. The Balaban J connectivity index is 1.42. The number of thioether (sulfide) groups is 1. The number of rotatable bonds is 8. The second-order valence-corrected chi connectivity index (χ2v) is 12.8. The Morgan fingerprint density at radius 2 is 1.81 bits per heavy atom. The average Bonchev–Trinajstić information content (AvgIpc) is 3.56. The first-order valence-corrected chi connectivity index (χ1v) is 14.7. The highest BCUT2D eigenvalue weighted by Crippen LogP contribution is 2.40. The van der Waals surface area contributed by atoms with Gasteiger partial charge < -0.3 is 25.1 Å². The number of aryl methyl sites for hydroxylation is 1. The highest BCUT2D eigenvalue weighted by Gasteiger charge is 2.34. The summed E-state index contributed by atoms with van der Waals surface area (Å²) in [6, 6.07) is 7.70. The van der Waals surface area contributed by atoms with Gasteiger partial charge in [-0.25, -0.2) is 8.42 Å². The first-order valence-electron chi connectivity index (χ1n) is 12.2. The van der Waals surface area contributed by atoms with E-state index in [1.165, 1.54) is 22.5 Å². The van der Waals surface area contributed by atoms with E-state index in [9.17, 15) is 23.1 Å². The van der Waals surface area contributed by atoms with E-state index in [0.717, 1.165) is 24.4 Å². The van der Waals surface area contributed by atoms with Gasteiger partial charge >= 0.3 is 0 Å². The first-order chi connectivity index (χ1) is 17.7. The zero-order valence-electron chi connectivity index (χ0n) is 20.7. The van der Waals surface area contributed by atoms with Gasteiger partial charge in [0.15, 0.2) is 5.75 Å². The van der Waals surface area contributed by atoms with Crippen LogP contribution >= 0.6 is 11.8 Å². The molecule has 10 nitrogen and oxygen atoms in total. The number of aromatic hydroxyl groups is 1. The van der Waals surface area contributed by atoms with Crippen LogP contribution in [0.3, 0.4) is 0 Å². The number of anilines is 3. The van der Waals surface area contributed by atoms with Crippen LogP contribution in [0.5, 0.6) is 5.75 Å². The molecule has 3 aromatic rings. The molecular formula is C25H30N4O6S2. The molecule has 0 saturated carbocycles. The zero-order valence-corrected chi connectivity index (χ0v) is 22.3. The minimum Gasteiger partial charge on any atom is -0.504 e. The maximum Gasteiger partial charge on any atom is 0.253 e. The zero-order chi connectivity index (χ0) is 26.3. The van der Waals surface area contributed by atoms with Crippen molar-refractivity contribution in [3.8, 4) is 5.75 Å². The number of likely N-dealkylation sites (N-methyl/N-ethyl adjacent to an activating group) is 1. The van der Waals surface area contributed by atoms with Crippen molar-refractivity contribution in [1.29, 1.82) is 0 Å². The van der Waals surface area contributed by atoms with Gasteiger partial charge in [-0.2, -0.15) is 16.1 Å². The quantitative estimate of drug-likeness (QED) is 0.286. The summed E-state index contributed by atoms with van der Waals surface area (Å²) in [5.74, 6) is 1.93. The maximum atomic E-state index is 13.2. The minimum atomic E-state index is -3.95. The Morgan fingerprint density at radius 3 is 2.46 bits per heavy atom. The van der Waals surface area contributed by atoms with Gasteiger partial charge in [0.05, 0.1) is 11.7 Å². The van der Waals surface area contributed by atoms with E-state index >= 15 is 0 Å². The van der Waals surface area contributed by atoms with Crippen molar-refractivity contribution in [2.24, 2.45) is 0 Å². The van der Waals surface area contributed by atoms with Crippen LogP contribution in [0.2, 0.25) is 0 Å². The molecule has 3 N–H and O–H groups in total. The molecule has 5 rings (SSSR count). The molecule has 2 saturated heterocycles. The van der Waals surface area contributed by atoms with Crippen LogP contribution in [-0.4, -0.2) is 67.0 Å². The van der Waals surface area contributed by atoms with Gasteiger partial charge in [-0.3, -0.25) is 9.59 Å². The van der Waals surface area contributed by atoms with Crippen molar-refractivity contribution < 1.29 is 17.9 Å². The number of nitrogens with one attached hydrogen (secondary N) is 2. The standard InChI is InChI=1S/C25H30N4O6S2/c1-15-8-9-17(35-15)20(18-6-4-14-36-18)27-22-21(24(31)25(22)32)26-16-5-3-7-19(23(16)30)37(33,34)29-12-10-28(2)11-13-29/h3,5,7-9,18,20,26-27,30H,4,6,10-14H2,1-2H3/t18-,20+/m1/s1. The lowest BCUT2D eigenvalue weighted by Gasteiger charge is -2.31. The van der Waals surface area contributed by atoms with Crippen LogP contribution in [0, 0.1) is 6.92 Å². The SMILES string of the molecule is Cc1ccc([C@H](Nc2c(Nc3cccc(S(=O)(=O)N4CCN(C)CC4)c3O)c(=O)c2=O)[C@H]2CCCS2)o1. The predicted molar refractivity (Wildman–Crippen MR) is 144 cm³/mol. The molecular weight excluding hydrogens is 516 g/mol. The number of benzene rings is 1. The Labute approximate surface area is 219 Å². The third-order valence-electron chi connectivity index (χ3n) is 6.95. The van der Waals surface area contributed by atoms with E-state index < -0.39 is 26.6 Å². The number of sulfonamides is 1. The van der Waals surface area contributed by atoms with Crippen molar-refractivity contribution in [3.63, 3.8) is 0 Å². The fourth-order valence-corrected chi connectivity index (χ4v) is 7.66. The number of phenolic OH excluding ortho intramolecular Hbond substituents is 1. The Morgan fingerprint density at radius 1 is 1.08 bits per heavy atom. The van der Waals surface area contributed by atoms with Crippen LogP contribution in [0.1, 0.15) is 30.4 Å². The number of hydrogen-bond donors (Lipinski definition) is 3. The number of nitrogens with zero attached hydrogens (tertiary/aromatic N) is 2. The van der Waals surface area contributed by atoms with Crippen molar-refractivity contribution in [1.82, 2.24) is 9.21 Å². The Bertz CT molecular complexity index is 1460. The lowest BCUT2D eigenvalue weighted by molar-refractivity contribution is 0.222. The summed E-state index contributed by atoms with van der Waals surface area (Å²) in [5, 5.41) is 17.1. The molecule has 0 unspecified atom stereocenters. The summed E-state index contributed by atoms with van der Waals surface area (Å²) in [6.07, 6.45) is 1.99. The van der Waals surface area contributed by atoms with Crippen molar-refractivity contribution in [3.05, 3.63) is 62.3 Å². The highest BCUT2D eigenvalue weighted by molar-refractivity contribution is 8.00. The van der Waals surface area contributed by atoms with Gasteiger partial charge in [0.2, 0.25) is 10.0 Å². The van der Waals surface area contributed by atoms with Gasteiger partial charge in [0, 0.05) is 31.4 Å². The van der Waals surface area contributed by atoms with Crippen LogP contribution < -0.4 is 21.5 Å². The Kier molecular flexibility index (Phi) is 7.10. The van der Waals surface area contributed by atoms with E-state index in [0.29, 0.717) is 31.9 Å². The first kappa shape index (κ1) is 25.8. The molecule has 0 amide bonds. The number of furan rings is 1. The highest BCUT2D eigenvalue weighted by atomic mass is 32.2. The summed E-state index contributed by atoms with van der Waals surface area (Å²) >= 11 is 1.78. The molecule has 2 aliphatic rings. The van der Waals surface area contributed by atoms with Gasteiger partial charge in [0.25, 0.3) is 10.9 Å². The fraction of sp³-hybridized carbons (Fsp3) is 0.440. The number of para-hydroxylation sites is 1. The molecule has 0 spiro atoms. The minimum absolute atomic E-state index is 0.00859. The van der Waals surface area contributed by atoms with Gasteiger partial charge in [-0.1, -0.05) is 6.07 Å². The molecule has 0 radical (unpaired) electrons. The number of piperazine rings is 1. The third kappa shape index (κ3) is 4.90. The van der Waals surface area contributed by atoms with Crippen LogP contribution in [0.25, 0.3) is 0 Å². The van der Waals surface area contributed by atoms with E-state index in [2.05, 4.69) is 10.6 Å². The van der Waals surface area contributed by atoms with Crippen LogP contribution in [-0.2, 0) is 10.0 Å². The lowest BCUT2D eigenvalue weighted by Crippen LogP contribution is -2.47. The molecule has 2 atom stereocenters. The van der Waals surface area contributed by atoms with E-state index in [1.807, 2.05) is 31.0 Å². The molecule has 12 heteroatoms. The second kappa shape index (κ2) is 10.2. The largest absolute Gasteiger partial charge is 0.504 e. The molecule has 1 aromatic heterocycles. The maximum absolute atomic E-state index is 13.2. The fourth-order valence-electron chi connectivity index (χ4n) is 4.77. The van der Waals surface area contributed by atoms with E-state index in [-0.39, 0.29) is 33.2 Å².